The number of hydrogen-bond acceptors (Lipinski definition) is 17. The van der Waals surface area contributed by atoms with Gasteiger partial charge in [0.15, 0.2) is 16.3 Å². The number of carbonyl (C=O) groups is 10. The highest BCUT2D eigenvalue weighted by molar-refractivity contribution is 7.14. The molecule has 2 atom stereocenters. The van der Waals surface area contributed by atoms with E-state index in [9.17, 15) is 53.1 Å². The minimum absolute atomic E-state index is 0.0384. The number of aromatic nitrogens is 2. The summed E-state index contributed by atoms with van der Waals surface area (Å²) in [5, 5.41) is 27.5. The number of hydrogen-bond donors (Lipinski definition) is 6. The van der Waals surface area contributed by atoms with E-state index >= 15 is 0 Å². The Hall–Kier alpha value is -7.55. The number of amides is 9. The van der Waals surface area contributed by atoms with Crippen molar-refractivity contribution in [3.8, 4) is 0 Å². The Balaban J connectivity index is 0.000000245. The third kappa shape index (κ3) is 15.3. The number of rotatable bonds is 13. The van der Waals surface area contributed by atoms with Gasteiger partial charge in [-0.3, -0.25) is 49.2 Å². The summed E-state index contributed by atoms with van der Waals surface area (Å²) >= 11 is 7.12. The SMILES string of the molecule is CCN1CCN(C(=O)Cl)C(=O)C1=O.CCN1CCN(C(=O)NC(C(=O)O)c2csc(NC(=O)OCc3ccccc3)n2)C(=O)C1=O.NC(C(=O)O)c1csc(NC(=O)OCc2ccccc2)n1. The van der Waals surface area contributed by atoms with Crippen LogP contribution in [0.3, 0.4) is 0 Å². The number of benzene rings is 2. The van der Waals surface area contributed by atoms with Crippen molar-refractivity contribution in [2.24, 2.45) is 5.73 Å². The second kappa shape index (κ2) is 25.2. The van der Waals surface area contributed by atoms with Gasteiger partial charge in [0.1, 0.15) is 19.3 Å². The number of halogens is 1. The molecule has 0 spiro atoms. The number of carboxylic acid groups (broad SMARTS) is 2. The molecule has 67 heavy (non-hydrogen) atoms. The molecule has 0 radical (unpaired) electrons. The van der Waals surface area contributed by atoms with Gasteiger partial charge in [-0.2, -0.15) is 0 Å². The number of nitrogens with one attached hydrogen (secondary N) is 3. The van der Waals surface area contributed by atoms with Crippen molar-refractivity contribution in [1.29, 1.82) is 0 Å². The first kappa shape index (κ1) is 52.1. The Kier molecular flexibility index (Phi) is 19.6. The quantitative estimate of drug-likeness (QED) is 0.0635. The van der Waals surface area contributed by atoms with Crippen molar-refractivity contribution in [2.75, 3.05) is 49.9 Å². The van der Waals surface area contributed by atoms with Crippen molar-refractivity contribution < 1.29 is 67.6 Å². The Morgan fingerprint density at radius 1 is 0.672 bits per heavy atom. The fourth-order valence-corrected chi connectivity index (χ4v) is 7.17. The first-order valence-corrected chi connectivity index (χ1v) is 21.9. The number of nitrogens with zero attached hydrogens (tertiary/aromatic N) is 6. The standard InChI is InChI=1S/C20H21N5O7S.C13H13N3O4S.C7H9ClN2O3/c1-2-24-8-9-25(16(27)15(24)26)19(30)22-14(17(28)29)13-11-33-18(21-13)23-20(31)32-10-12-6-4-3-5-7-12;14-10(11(17)18)9-7-21-12(15-9)16-13(19)20-6-8-4-2-1-3-5-8;1-2-9-3-4-10(7(8)13)6(12)5(9)11/h3-7,11,14H,2,8-10H2,1H3,(H,22,30)(H,28,29)(H,21,23,31);1-5,7,10H,6,14H2,(H,17,18)(H,15,16,19);2-4H2,1H3. The largest absolute Gasteiger partial charge is 0.480 e. The predicted molar refractivity (Wildman–Crippen MR) is 237 cm³/mol. The number of imide groups is 2. The van der Waals surface area contributed by atoms with Crippen molar-refractivity contribution >= 4 is 104 Å². The first-order valence-electron chi connectivity index (χ1n) is 19.7. The number of anilines is 2. The summed E-state index contributed by atoms with van der Waals surface area (Å²) in [5.74, 6) is -5.99. The molecule has 6 rings (SSSR count). The molecule has 2 unspecified atom stereocenters. The van der Waals surface area contributed by atoms with E-state index in [-0.39, 0.29) is 54.5 Å². The number of aliphatic carboxylic acids is 2. The van der Waals surface area contributed by atoms with Gasteiger partial charge in [-0.1, -0.05) is 60.7 Å². The Labute approximate surface area is 393 Å². The maximum absolute atomic E-state index is 12.5. The van der Waals surface area contributed by atoms with Gasteiger partial charge in [0.25, 0.3) is 0 Å². The zero-order valence-corrected chi connectivity index (χ0v) is 37.9. The van der Waals surface area contributed by atoms with Crippen LogP contribution in [0.2, 0.25) is 0 Å². The highest BCUT2D eigenvalue weighted by Gasteiger charge is 2.38. The summed E-state index contributed by atoms with van der Waals surface area (Å²) in [6, 6.07) is 14.4. The summed E-state index contributed by atoms with van der Waals surface area (Å²) in [4.78, 5) is 128. The average Bonchev–Trinajstić information content (AvgIpc) is 3.98. The fraction of sp³-hybridized carbons (Fsp3) is 0.300. The molecule has 2 aromatic heterocycles. The van der Waals surface area contributed by atoms with Crippen LogP contribution in [-0.4, -0.2) is 138 Å². The number of carbonyl (C=O) groups excluding carboxylic acids is 8. The first-order chi connectivity index (χ1) is 31.9. The van der Waals surface area contributed by atoms with E-state index in [1.807, 2.05) is 36.4 Å². The number of piperazine rings is 2. The van der Waals surface area contributed by atoms with Crippen molar-refractivity contribution in [3.05, 3.63) is 93.9 Å². The minimum atomic E-state index is -1.60. The van der Waals surface area contributed by atoms with Gasteiger partial charge < -0.3 is 40.5 Å². The normalized spacial score (nSPS) is 14.3. The van der Waals surface area contributed by atoms with Gasteiger partial charge in [0.05, 0.1) is 11.4 Å². The molecule has 2 saturated heterocycles. The highest BCUT2D eigenvalue weighted by Crippen LogP contribution is 2.23. The molecular formula is C40H43ClN10O14S2. The molecule has 356 valence electrons. The van der Waals surface area contributed by atoms with Crippen LogP contribution in [0, 0.1) is 0 Å². The third-order valence-corrected chi connectivity index (χ3v) is 10.9. The zero-order valence-electron chi connectivity index (χ0n) is 35.5. The summed E-state index contributed by atoms with van der Waals surface area (Å²) in [6.45, 7) is 5.07. The van der Waals surface area contributed by atoms with E-state index in [2.05, 4.69) is 25.9 Å². The number of ether oxygens (including phenoxy) is 2. The van der Waals surface area contributed by atoms with E-state index in [1.165, 1.54) is 20.6 Å². The topological polar surface area (TPSA) is 330 Å². The number of urea groups is 1. The molecule has 9 amide bonds. The maximum atomic E-state index is 12.5. The van der Waals surface area contributed by atoms with Crippen LogP contribution in [0.5, 0.6) is 0 Å². The van der Waals surface area contributed by atoms with Crippen LogP contribution in [0.4, 0.5) is 29.4 Å². The van der Waals surface area contributed by atoms with Crippen LogP contribution in [0.1, 0.15) is 48.4 Å². The van der Waals surface area contributed by atoms with Gasteiger partial charge >= 0.3 is 59.2 Å². The number of carboxylic acids is 2. The molecule has 7 N–H and O–H groups in total. The number of likely N-dealkylation sites (N-methyl/N-ethyl adjacent to an activating group) is 2. The zero-order chi connectivity index (χ0) is 49.2. The van der Waals surface area contributed by atoms with E-state index in [1.54, 1.807) is 38.1 Å². The number of nitrogens with two attached hydrogens (primary N) is 1. The molecule has 2 aliphatic rings. The van der Waals surface area contributed by atoms with Gasteiger partial charge in [-0.25, -0.2) is 29.1 Å². The van der Waals surface area contributed by atoms with Gasteiger partial charge in [0, 0.05) is 50.0 Å². The molecule has 4 aromatic rings. The molecule has 0 bridgehead atoms. The molecule has 27 heteroatoms. The molecule has 4 heterocycles. The Bertz CT molecular complexity index is 2440. The number of thiazole rings is 2. The van der Waals surface area contributed by atoms with Gasteiger partial charge in [-0.15, -0.1) is 22.7 Å². The summed E-state index contributed by atoms with van der Waals surface area (Å²) in [6.07, 6.45) is -1.45. The lowest BCUT2D eigenvalue weighted by Gasteiger charge is -2.32. The Morgan fingerprint density at radius 3 is 1.54 bits per heavy atom. The average molecular weight is 987 g/mol. The van der Waals surface area contributed by atoms with Crippen molar-refractivity contribution in [2.45, 2.75) is 39.1 Å². The molecule has 24 nitrogen and oxygen atoms in total. The van der Waals surface area contributed by atoms with Crippen LogP contribution in [0.15, 0.2) is 71.4 Å². The van der Waals surface area contributed by atoms with Gasteiger partial charge in [0.2, 0.25) is 0 Å². The predicted octanol–water partition coefficient (Wildman–Crippen LogP) is 3.43. The second-order valence-corrected chi connectivity index (χ2v) is 15.5. The van der Waals surface area contributed by atoms with Crippen LogP contribution < -0.4 is 21.7 Å². The minimum Gasteiger partial charge on any atom is -0.480 e. The summed E-state index contributed by atoms with van der Waals surface area (Å²) in [5.41, 5.74) is 7.19. The maximum Gasteiger partial charge on any atom is 0.413 e. The summed E-state index contributed by atoms with van der Waals surface area (Å²) < 4.78 is 10.1. The Morgan fingerprint density at radius 2 is 1.10 bits per heavy atom. The molecule has 2 fully saturated rings. The van der Waals surface area contributed by atoms with E-state index in [0.717, 1.165) is 38.7 Å². The highest BCUT2D eigenvalue weighted by atomic mass is 35.5. The molecule has 2 aliphatic heterocycles. The van der Waals surface area contributed by atoms with E-state index in [4.69, 9.17) is 31.9 Å². The summed E-state index contributed by atoms with van der Waals surface area (Å²) in [7, 11) is 0. The van der Waals surface area contributed by atoms with Crippen LogP contribution >= 0.6 is 34.3 Å². The van der Waals surface area contributed by atoms with Crippen molar-refractivity contribution in [3.63, 3.8) is 0 Å². The smallest absolute Gasteiger partial charge is 0.413 e. The fourth-order valence-electron chi connectivity index (χ4n) is 5.56. The monoisotopic (exact) mass is 986 g/mol. The lowest BCUT2D eigenvalue weighted by atomic mass is 10.2. The van der Waals surface area contributed by atoms with E-state index < -0.39 is 71.2 Å². The van der Waals surface area contributed by atoms with E-state index in [0.29, 0.717) is 24.5 Å². The van der Waals surface area contributed by atoms with Crippen molar-refractivity contribution in [1.82, 2.24) is 34.9 Å². The lowest BCUT2D eigenvalue weighted by molar-refractivity contribution is -0.153. The van der Waals surface area contributed by atoms with Crippen LogP contribution in [0.25, 0.3) is 0 Å². The molecule has 2 aromatic carbocycles. The molecule has 0 saturated carbocycles. The second-order valence-electron chi connectivity index (χ2n) is 13.5. The molecule has 0 aliphatic carbocycles. The third-order valence-electron chi connectivity index (χ3n) is 9.12. The lowest BCUT2D eigenvalue weighted by Crippen LogP contribution is -2.58. The molecular weight excluding hydrogens is 944 g/mol. The van der Waals surface area contributed by atoms with Gasteiger partial charge in [-0.05, 0) is 36.6 Å². The van der Waals surface area contributed by atoms with Crippen LogP contribution in [-0.2, 0) is 51.5 Å².